The highest BCUT2D eigenvalue weighted by Gasteiger charge is 2.29. The molecule has 0 saturated heterocycles. The third-order valence-corrected chi connectivity index (χ3v) is 4.90. The van der Waals surface area contributed by atoms with Crippen molar-refractivity contribution in [1.29, 1.82) is 0 Å². The van der Waals surface area contributed by atoms with E-state index in [-0.39, 0.29) is 18.5 Å². The number of ketones is 1. The number of nitrogens with one attached hydrogen (secondary N) is 1. The third-order valence-electron chi connectivity index (χ3n) is 4.54. The number of benzene rings is 1. The number of aromatic nitrogens is 2. The van der Waals surface area contributed by atoms with Crippen LogP contribution in [-0.4, -0.2) is 45.3 Å². The molecule has 0 fully saturated rings. The summed E-state index contributed by atoms with van der Waals surface area (Å²) in [4.78, 5) is 48.2. The number of Topliss-reactive ketones (excluding diaryl/α,β-unsaturated/α-hetero) is 1. The molecule has 0 aliphatic rings. The van der Waals surface area contributed by atoms with E-state index in [0.717, 1.165) is 4.68 Å². The zero-order valence-electron chi connectivity index (χ0n) is 16.2. The van der Waals surface area contributed by atoms with Crippen molar-refractivity contribution in [3.05, 3.63) is 63.0 Å². The molecule has 0 spiro atoms. The van der Waals surface area contributed by atoms with Gasteiger partial charge in [-0.3, -0.25) is 19.2 Å². The molecule has 8 nitrogen and oxygen atoms in total. The minimum Gasteiger partial charge on any atom is -0.481 e. The van der Waals surface area contributed by atoms with Crippen molar-refractivity contribution in [3.63, 3.8) is 0 Å². The number of amides is 1. The summed E-state index contributed by atoms with van der Waals surface area (Å²) >= 11 is 6.13. The van der Waals surface area contributed by atoms with Crippen LogP contribution < -0.4 is 10.9 Å². The number of carboxylic acids is 1. The Hall–Kier alpha value is -3.07. The molecule has 1 aromatic heterocycles. The van der Waals surface area contributed by atoms with Gasteiger partial charge in [0.2, 0.25) is 5.91 Å². The Kier molecular flexibility index (Phi) is 8.23. The average Bonchev–Trinajstić information content (AvgIpc) is 2.71. The Morgan fingerprint density at radius 3 is 2.57 bits per heavy atom. The van der Waals surface area contributed by atoms with Crippen LogP contribution >= 0.6 is 11.6 Å². The lowest BCUT2D eigenvalue weighted by atomic mass is 9.96. The molecule has 2 N–H and O–H groups in total. The number of hydrogen-bond acceptors (Lipinski definition) is 5. The van der Waals surface area contributed by atoms with Gasteiger partial charge in [0, 0.05) is 16.8 Å². The average molecular weight is 438 g/mol. The van der Waals surface area contributed by atoms with Gasteiger partial charge in [-0.25, -0.2) is 9.07 Å². The number of rotatable bonds is 10. The molecule has 0 radical (unpaired) electrons. The van der Waals surface area contributed by atoms with Crippen LogP contribution in [0.4, 0.5) is 4.39 Å². The molecular formula is C20H21ClFN3O5. The van der Waals surface area contributed by atoms with Crippen molar-refractivity contribution in [2.24, 2.45) is 0 Å². The number of carboxylic acid groups (broad SMARTS) is 1. The highest BCUT2D eigenvalue weighted by Crippen LogP contribution is 2.18. The van der Waals surface area contributed by atoms with Gasteiger partial charge >= 0.3 is 5.97 Å². The minimum atomic E-state index is -1.51. The first-order chi connectivity index (χ1) is 14.3. The van der Waals surface area contributed by atoms with E-state index in [1.165, 1.54) is 12.3 Å². The molecule has 1 amide bonds. The number of carbonyl (C=O) groups excluding carboxylic acids is 2. The maximum absolute atomic E-state index is 12.9. The topological polar surface area (TPSA) is 118 Å². The lowest BCUT2D eigenvalue weighted by Gasteiger charge is -2.20. The van der Waals surface area contributed by atoms with Gasteiger partial charge in [-0.1, -0.05) is 36.7 Å². The molecule has 2 atom stereocenters. The summed E-state index contributed by atoms with van der Waals surface area (Å²) in [5, 5.41) is 15.6. The highest BCUT2D eigenvalue weighted by molar-refractivity contribution is 6.31. The zero-order valence-corrected chi connectivity index (χ0v) is 16.9. The molecule has 0 aliphatic carbocycles. The van der Waals surface area contributed by atoms with E-state index >= 15 is 0 Å². The monoisotopic (exact) mass is 437 g/mol. The number of halogens is 2. The first-order valence-electron chi connectivity index (χ1n) is 9.18. The quantitative estimate of drug-likeness (QED) is 0.586. The van der Waals surface area contributed by atoms with E-state index in [1.807, 2.05) is 0 Å². The van der Waals surface area contributed by atoms with Crippen molar-refractivity contribution >= 4 is 29.3 Å². The fourth-order valence-electron chi connectivity index (χ4n) is 2.96. The number of alkyl halides is 1. The van der Waals surface area contributed by atoms with Gasteiger partial charge in [-0.15, -0.1) is 0 Å². The molecule has 0 bridgehead atoms. The first kappa shape index (κ1) is 23.2. The molecule has 30 heavy (non-hydrogen) atoms. The van der Waals surface area contributed by atoms with Crippen molar-refractivity contribution in [2.45, 2.75) is 38.3 Å². The predicted molar refractivity (Wildman–Crippen MR) is 107 cm³/mol. The number of carbonyl (C=O) groups is 3. The van der Waals surface area contributed by atoms with Crippen molar-refractivity contribution in [3.8, 4) is 0 Å². The lowest BCUT2D eigenvalue weighted by molar-refractivity contribution is -0.140. The van der Waals surface area contributed by atoms with Gasteiger partial charge in [0.15, 0.2) is 5.78 Å². The van der Waals surface area contributed by atoms with Crippen LogP contribution in [0.15, 0.2) is 41.3 Å². The molecule has 1 aromatic carbocycles. The second-order valence-corrected chi connectivity index (χ2v) is 6.97. The summed E-state index contributed by atoms with van der Waals surface area (Å²) in [5.41, 5.74) is 0.267. The van der Waals surface area contributed by atoms with Gasteiger partial charge in [-0.2, -0.15) is 5.10 Å². The molecule has 2 unspecified atom stereocenters. The van der Waals surface area contributed by atoms with E-state index in [9.17, 15) is 23.6 Å². The van der Waals surface area contributed by atoms with E-state index in [0.29, 0.717) is 10.6 Å². The van der Waals surface area contributed by atoms with E-state index in [2.05, 4.69) is 10.4 Å². The number of aliphatic carboxylic acids is 1. The van der Waals surface area contributed by atoms with Gasteiger partial charge in [0.05, 0.1) is 18.9 Å². The molecule has 0 saturated carbocycles. The largest absolute Gasteiger partial charge is 0.481 e. The van der Waals surface area contributed by atoms with Crippen molar-refractivity contribution in [2.75, 3.05) is 6.67 Å². The normalized spacial score (nSPS) is 12.8. The van der Waals surface area contributed by atoms with E-state index < -0.39 is 48.3 Å². The third kappa shape index (κ3) is 5.73. The molecule has 1 heterocycles. The second-order valence-electron chi connectivity index (χ2n) is 6.56. The van der Waals surface area contributed by atoms with Crippen molar-refractivity contribution in [1.82, 2.24) is 15.1 Å². The number of nitrogens with zero attached hydrogens (tertiary/aromatic N) is 2. The Morgan fingerprint density at radius 2 is 1.97 bits per heavy atom. The second kappa shape index (κ2) is 10.6. The fraction of sp³-hybridized carbons (Fsp3) is 0.350. The maximum atomic E-state index is 12.9. The fourth-order valence-corrected chi connectivity index (χ4v) is 3.16. The van der Waals surface area contributed by atoms with Gasteiger partial charge in [0.1, 0.15) is 12.7 Å². The van der Waals surface area contributed by atoms with Crippen LogP contribution in [0.2, 0.25) is 5.02 Å². The summed E-state index contributed by atoms with van der Waals surface area (Å²) in [7, 11) is 0. The summed E-state index contributed by atoms with van der Waals surface area (Å²) < 4.78 is 13.9. The van der Waals surface area contributed by atoms with E-state index in [1.54, 1.807) is 31.2 Å². The van der Waals surface area contributed by atoms with Crippen LogP contribution in [0.3, 0.4) is 0 Å². The van der Waals surface area contributed by atoms with Crippen LogP contribution in [0, 0.1) is 0 Å². The lowest BCUT2D eigenvalue weighted by Crippen LogP contribution is -2.45. The minimum absolute atomic E-state index is 0.0897. The van der Waals surface area contributed by atoms with Gasteiger partial charge in [0.25, 0.3) is 5.56 Å². The van der Waals surface area contributed by atoms with Crippen LogP contribution in [0.25, 0.3) is 0 Å². The van der Waals surface area contributed by atoms with Crippen LogP contribution in [-0.2, 0) is 20.9 Å². The standard InChI is InChI=1S/C20H21ClFN3O5/c1-2-13(19(29)24-16(9-18(27)28)17(26)10-22)14-7-8-23-25(20(14)30)11-12-5-3-4-6-15(12)21/h3-8,13,16H,2,9-11H2,1H3,(H,24,29)(H,27,28). The predicted octanol–water partition coefficient (Wildman–Crippen LogP) is 1.94. The zero-order chi connectivity index (χ0) is 22.3. The van der Waals surface area contributed by atoms with E-state index in [4.69, 9.17) is 16.7 Å². The Balaban J connectivity index is 2.30. The Labute approximate surface area is 176 Å². The van der Waals surface area contributed by atoms with Crippen LogP contribution in [0.5, 0.6) is 0 Å². The first-order valence-corrected chi connectivity index (χ1v) is 9.56. The van der Waals surface area contributed by atoms with Crippen LogP contribution in [0.1, 0.15) is 36.8 Å². The molecule has 2 aromatic rings. The smallest absolute Gasteiger partial charge is 0.305 e. The Bertz CT molecular complexity index is 994. The molecule has 2 rings (SSSR count). The highest BCUT2D eigenvalue weighted by atomic mass is 35.5. The van der Waals surface area contributed by atoms with Gasteiger partial charge in [-0.05, 0) is 24.1 Å². The molecule has 160 valence electrons. The molecule has 10 heteroatoms. The summed E-state index contributed by atoms with van der Waals surface area (Å²) in [5.74, 6) is -4.12. The Morgan fingerprint density at radius 1 is 1.27 bits per heavy atom. The summed E-state index contributed by atoms with van der Waals surface area (Å²) in [6.07, 6.45) is 0.809. The maximum Gasteiger partial charge on any atom is 0.305 e. The molecule has 0 aliphatic heterocycles. The summed E-state index contributed by atoms with van der Waals surface area (Å²) in [6, 6.07) is 6.82. The van der Waals surface area contributed by atoms with Crippen molar-refractivity contribution < 1.29 is 23.9 Å². The van der Waals surface area contributed by atoms with Gasteiger partial charge < -0.3 is 10.4 Å². The number of hydrogen-bond donors (Lipinski definition) is 2. The SMILES string of the molecule is CCC(C(=O)NC(CC(=O)O)C(=O)CF)c1ccnn(Cc2ccccc2Cl)c1=O. The molecular weight excluding hydrogens is 417 g/mol. The summed E-state index contributed by atoms with van der Waals surface area (Å²) in [6.45, 7) is 0.340.